The van der Waals surface area contributed by atoms with E-state index in [0.29, 0.717) is 6.42 Å². The van der Waals surface area contributed by atoms with Crippen molar-refractivity contribution in [1.82, 2.24) is 5.32 Å². The molecule has 448 valence electrons. The first-order valence-corrected chi connectivity index (χ1v) is 32.1. The maximum Gasteiger partial charge on any atom is 0.220 e. The largest absolute Gasteiger partial charge is 0.394 e. The number of aliphatic hydroxyl groups is 5. The van der Waals surface area contributed by atoms with E-state index in [9.17, 15) is 30.3 Å². The van der Waals surface area contributed by atoms with E-state index in [4.69, 9.17) is 9.47 Å². The number of rotatable bonds is 54. The summed E-state index contributed by atoms with van der Waals surface area (Å²) in [5, 5.41) is 54.4. The van der Waals surface area contributed by atoms with Crippen LogP contribution < -0.4 is 5.32 Å². The van der Waals surface area contributed by atoms with E-state index >= 15 is 0 Å². The van der Waals surface area contributed by atoms with Crippen molar-refractivity contribution in [3.8, 4) is 0 Å². The molecule has 0 radical (unpaired) electrons. The second-order valence-corrected chi connectivity index (χ2v) is 21.8. The Morgan fingerprint density at radius 1 is 0.449 bits per heavy atom. The maximum atomic E-state index is 13.1. The number of amides is 1. The third kappa shape index (κ3) is 45.6. The SMILES string of the molecule is CC/C=C\C/C=C\C/C=C\C/C=C\C/C=C\C/C=C\CCCCCCCCCCCCCCCCCCCCCCCCC(=O)NC(COC1OC(CO)C(O)C(O)C1O)C(O)/C=C/CC/C=C/CC/C=C/CCCCCC. The number of carbonyl (C=O) groups is 1. The second kappa shape index (κ2) is 57.1. The van der Waals surface area contributed by atoms with Gasteiger partial charge in [0.1, 0.15) is 24.4 Å². The molecule has 6 N–H and O–H groups in total. The smallest absolute Gasteiger partial charge is 0.220 e. The molecule has 0 aromatic rings. The highest BCUT2D eigenvalue weighted by Gasteiger charge is 2.44. The molecule has 0 aromatic carbocycles. The Kier molecular flexibility index (Phi) is 53.3. The fourth-order valence-corrected chi connectivity index (χ4v) is 9.55. The Hall–Kier alpha value is -3.15. The number of ether oxygens (including phenoxy) is 2. The zero-order valence-corrected chi connectivity index (χ0v) is 49.9. The number of aliphatic hydroxyl groups excluding tert-OH is 5. The van der Waals surface area contributed by atoms with Crippen molar-refractivity contribution in [3.63, 3.8) is 0 Å². The van der Waals surface area contributed by atoms with Crippen LogP contribution in [0.25, 0.3) is 0 Å². The van der Waals surface area contributed by atoms with Crippen molar-refractivity contribution in [2.75, 3.05) is 13.2 Å². The lowest BCUT2D eigenvalue weighted by molar-refractivity contribution is -0.302. The van der Waals surface area contributed by atoms with E-state index in [1.54, 1.807) is 6.08 Å². The molecule has 78 heavy (non-hydrogen) atoms. The molecule has 7 atom stereocenters. The molecule has 1 aliphatic rings. The summed E-state index contributed by atoms with van der Waals surface area (Å²) in [7, 11) is 0. The van der Waals surface area contributed by atoms with Gasteiger partial charge in [0.2, 0.25) is 5.91 Å². The molecule has 0 aliphatic carbocycles. The molecule has 7 unspecified atom stereocenters. The van der Waals surface area contributed by atoms with Gasteiger partial charge in [0.25, 0.3) is 0 Å². The zero-order chi connectivity index (χ0) is 56.5. The number of hydrogen-bond acceptors (Lipinski definition) is 8. The van der Waals surface area contributed by atoms with Gasteiger partial charge in [0.05, 0.1) is 25.4 Å². The van der Waals surface area contributed by atoms with E-state index in [2.05, 4.69) is 116 Å². The summed E-state index contributed by atoms with van der Waals surface area (Å²) in [6, 6.07) is -0.831. The third-order valence-corrected chi connectivity index (χ3v) is 14.6. The predicted octanol–water partition coefficient (Wildman–Crippen LogP) is 16.9. The minimum absolute atomic E-state index is 0.191. The average Bonchev–Trinajstić information content (AvgIpc) is 3.46. The molecule has 1 aliphatic heterocycles. The molecule has 1 rings (SSSR count). The fourth-order valence-electron chi connectivity index (χ4n) is 9.55. The number of nitrogens with one attached hydrogen (secondary N) is 1. The molecule has 0 bridgehead atoms. The Morgan fingerprint density at radius 2 is 0.808 bits per heavy atom. The number of hydrogen-bond donors (Lipinski definition) is 6. The van der Waals surface area contributed by atoms with Crippen molar-refractivity contribution in [2.45, 2.75) is 307 Å². The predicted molar refractivity (Wildman–Crippen MR) is 331 cm³/mol. The Morgan fingerprint density at radius 3 is 1.23 bits per heavy atom. The normalized spacial score (nSPS) is 19.4. The topological polar surface area (TPSA) is 149 Å². The lowest BCUT2D eigenvalue weighted by atomic mass is 9.99. The molecule has 0 saturated carbocycles. The highest BCUT2D eigenvalue weighted by Crippen LogP contribution is 2.23. The average molecular weight is 1090 g/mol. The summed E-state index contributed by atoms with van der Waals surface area (Å²) < 4.78 is 11.2. The minimum atomic E-state index is -1.58. The van der Waals surface area contributed by atoms with Crippen molar-refractivity contribution in [2.24, 2.45) is 0 Å². The Labute approximate surface area is 478 Å². The quantitative estimate of drug-likeness (QED) is 0.0261. The van der Waals surface area contributed by atoms with Gasteiger partial charge in [-0.1, -0.05) is 271 Å². The molecular formula is C69H119NO8. The molecule has 9 nitrogen and oxygen atoms in total. The lowest BCUT2D eigenvalue weighted by Gasteiger charge is -2.40. The van der Waals surface area contributed by atoms with E-state index < -0.39 is 49.5 Å². The van der Waals surface area contributed by atoms with Gasteiger partial charge in [-0.05, 0) is 96.3 Å². The van der Waals surface area contributed by atoms with Crippen LogP contribution in [0.2, 0.25) is 0 Å². The minimum Gasteiger partial charge on any atom is -0.394 e. The van der Waals surface area contributed by atoms with Gasteiger partial charge < -0.3 is 40.3 Å². The van der Waals surface area contributed by atoms with Crippen LogP contribution in [0.4, 0.5) is 0 Å². The van der Waals surface area contributed by atoms with E-state index in [1.807, 2.05) is 6.08 Å². The number of carbonyl (C=O) groups excluding carboxylic acids is 1. The molecule has 0 aromatic heterocycles. The van der Waals surface area contributed by atoms with Gasteiger partial charge in [0.15, 0.2) is 6.29 Å². The highest BCUT2D eigenvalue weighted by atomic mass is 16.7. The molecule has 1 amide bonds. The van der Waals surface area contributed by atoms with Gasteiger partial charge in [-0.25, -0.2) is 0 Å². The van der Waals surface area contributed by atoms with Crippen LogP contribution >= 0.6 is 0 Å². The molecule has 9 heteroatoms. The first kappa shape index (κ1) is 72.9. The van der Waals surface area contributed by atoms with Gasteiger partial charge in [0, 0.05) is 6.42 Å². The van der Waals surface area contributed by atoms with Crippen molar-refractivity contribution < 1.29 is 39.8 Å². The summed E-state index contributed by atoms with van der Waals surface area (Å²) >= 11 is 0. The third-order valence-electron chi connectivity index (χ3n) is 14.6. The summed E-state index contributed by atoms with van der Waals surface area (Å²) in [5.74, 6) is -0.191. The second-order valence-electron chi connectivity index (χ2n) is 21.8. The standard InChI is InChI=1S/C69H119NO8/c1-3-5-7-9-11-13-15-17-19-20-21-22-23-24-25-26-27-28-29-30-31-32-33-34-35-36-37-38-39-40-41-42-43-44-45-47-49-51-53-55-57-59-65(73)70-62(61-77-69-68(76)67(75)66(74)64(60-71)78-69)63(72)58-56-54-52-50-48-46-18-16-14-12-10-8-6-4-2/h5,7,11,13-14,16-17,19,21-22,24-25,27-28,48,50,56,58,62-64,66-69,71-72,74-76H,3-4,6,8-10,12,15,18,20,23,26,29-47,49,51-55,57,59-61H2,1-2H3,(H,70,73)/b7-5-,13-11-,16-14+,19-17-,22-21-,25-24-,28-27-,50-48+,58-56+. The van der Waals surface area contributed by atoms with Crippen LogP contribution in [-0.4, -0.2) is 87.5 Å². The van der Waals surface area contributed by atoms with Gasteiger partial charge >= 0.3 is 0 Å². The monoisotopic (exact) mass is 1090 g/mol. The highest BCUT2D eigenvalue weighted by molar-refractivity contribution is 5.76. The van der Waals surface area contributed by atoms with Crippen LogP contribution in [0.15, 0.2) is 109 Å². The molecule has 1 fully saturated rings. The Bertz CT molecular complexity index is 1590. The maximum absolute atomic E-state index is 13.1. The van der Waals surface area contributed by atoms with Crippen LogP contribution in [-0.2, 0) is 14.3 Å². The van der Waals surface area contributed by atoms with Gasteiger partial charge in [-0.15, -0.1) is 0 Å². The summed E-state index contributed by atoms with van der Waals surface area (Å²) in [4.78, 5) is 13.1. The number of unbranched alkanes of at least 4 members (excludes halogenated alkanes) is 28. The lowest BCUT2D eigenvalue weighted by Crippen LogP contribution is -2.60. The molecule has 0 spiro atoms. The van der Waals surface area contributed by atoms with E-state index in [0.717, 1.165) is 89.9 Å². The number of allylic oxidation sites excluding steroid dienone is 17. The molecular weight excluding hydrogens is 971 g/mol. The van der Waals surface area contributed by atoms with Crippen LogP contribution in [0, 0.1) is 0 Å². The first-order valence-electron chi connectivity index (χ1n) is 32.1. The fraction of sp³-hybridized carbons (Fsp3) is 0.725. The summed E-state index contributed by atoms with van der Waals surface area (Å²) in [5.41, 5.74) is 0. The van der Waals surface area contributed by atoms with Crippen LogP contribution in [0.5, 0.6) is 0 Å². The van der Waals surface area contributed by atoms with Gasteiger partial charge in [-0.2, -0.15) is 0 Å². The molecule has 1 saturated heterocycles. The summed E-state index contributed by atoms with van der Waals surface area (Å²) in [6.07, 6.45) is 77.7. The molecule has 1 heterocycles. The van der Waals surface area contributed by atoms with Crippen molar-refractivity contribution >= 4 is 5.91 Å². The zero-order valence-electron chi connectivity index (χ0n) is 49.9. The van der Waals surface area contributed by atoms with Crippen LogP contribution in [0.3, 0.4) is 0 Å². The van der Waals surface area contributed by atoms with Gasteiger partial charge in [-0.3, -0.25) is 4.79 Å². The van der Waals surface area contributed by atoms with Crippen molar-refractivity contribution in [1.29, 1.82) is 0 Å². The van der Waals surface area contributed by atoms with E-state index in [1.165, 1.54) is 154 Å². The summed E-state index contributed by atoms with van der Waals surface area (Å²) in [6.45, 7) is 3.62. The Balaban J connectivity index is 2.06. The van der Waals surface area contributed by atoms with Crippen LogP contribution in [0.1, 0.15) is 264 Å². The van der Waals surface area contributed by atoms with E-state index in [-0.39, 0.29) is 12.5 Å². The first-order chi connectivity index (χ1) is 38.3. The van der Waals surface area contributed by atoms with Crippen molar-refractivity contribution in [3.05, 3.63) is 109 Å².